The fourth-order valence-corrected chi connectivity index (χ4v) is 4.40. The number of amidine groups is 1. The topological polar surface area (TPSA) is 51.1 Å². The van der Waals surface area contributed by atoms with Gasteiger partial charge in [-0.05, 0) is 71.1 Å². The molecule has 1 amide bonds. The summed E-state index contributed by atoms with van der Waals surface area (Å²) in [6.07, 6.45) is 1.87. The third kappa shape index (κ3) is 3.95. The van der Waals surface area contributed by atoms with E-state index in [0.717, 1.165) is 32.2 Å². The molecule has 3 aromatic rings. The second kappa shape index (κ2) is 8.53. The lowest BCUT2D eigenvalue weighted by atomic mass is 10.0. The summed E-state index contributed by atoms with van der Waals surface area (Å²) in [7, 11) is 4.99. The van der Waals surface area contributed by atoms with Gasteiger partial charge in [-0.2, -0.15) is 0 Å². The average Bonchev–Trinajstić information content (AvgIpc) is 3.03. The molecule has 0 atom stereocenters. The van der Waals surface area contributed by atoms with Gasteiger partial charge < -0.3 is 9.47 Å². The molecular weight excluding hydrogens is 464 g/mol. The lowest BCUT2D eigenvalue weighted by Gasteiger charge is -2.11. The Labute approximate surface area is 187 Å². The maximum Gasteiger partial charge on any atom is 0.266 e. The molecule has 0 aromatic heterocycles. The number of aliphatic imine (C=N–C) groups is 1. The molecule has 3 aromatic carbocycles. The smallest absolute Gasteiger partial charge is 0.266 e. The van der Waals surface area contributed by atoms with Gasteiger partial charge >= 0.3 is 0 Å². The minimum Gasteiger partial charge on any atom is -0.497 e. The molecule has 0 saturated carbocycles. The summed E-state index contributed by atoms with van der Waals surface area (Å²) in [5, 5.41) is 2.62. The highest BCUT2D eigenvalue weighted by atomic mass is 79.9. The average molecular weight is 483 g/mol. The molecule has 0 aliphatic carbocycles. The van der Waals surface area contributed by atoms with Crippen LogP contribution in [0.25, 0.3) is 16.8 Å². The predicted octanol–water partition coefficient (Wildman–Crippen LogP) is 5.85. The Bertz CT molecular complexity index is 1180. The third-order valence-electron chi connectivity index (χ3n) is 4.78. The number of halogens is 1. The molecule has 7 heteroatoms. The van der Waals surface area contributed by atoms with Crippen molar-refractivity contribution in [1.82, 2.24) is 4.90 Å². The van der Waals surface area contributed by atoms with Gasteiger partial charge in [0.05, 0.1) is 24.8 Å². The number of amides is 1. The summed E-state index contributed by atoms with van der Waals surface area (Å²) < 4.78 is 11.9. The number of hydrogen-bond acceptors (Lipinski definition) is 5. The number of carbonyl (C=O) groups excluding carboxylic acids is 1. The maximum atomic E-state index is 12.9. The van der Waals surface area contributed by atoms with Crippen molar-refractivity contribution in [2.24, 2.45) is 4.99 Å². The van der Waals surface area contributed by atoms with Crippen molar-refractivity contribution in [3.63, 3.8) is 0 Å². The zero-order chi connectivity index (χ0) is 21.3. The molecule has 1 aliphatic heterocycles. The quantitative estimate of drug-likeness (QED) is 0.437. The van der Waals surface area contributed by atoms with Crippen LogP contribution in [0.1, 0.15) is 5.56 Å². The second-order valence-electron chi connectivity index (χ2n) is 6.61. The van der Waals surface area contributed by atoms with E-state index in [1.165, 1.54) is 11.8 Å². The van der Waals surface area contributed by atoms with Crippen molar-refractivity contribution in [3.8, 4) is 11.5 Å². The Morgan fingerprint density at radius 2 is 1.77 bits per heavy atom. The summed E-state index contributed by atoms with van der Waals surface area (Å²) in [5.74, 6) is 1.34. The van der Waals surface area contributed by atoms with Gasteiger partial charge in [0, 0.05) is 17.1 Å². The van der Waals surface area contributed by atoms with Crippen LogP contribution in [-0.4, -0.2) is 37.2 Å². The van der Waals surface area contributed by atoms with E-state index in [1.54, 1.807) is 26.2 Å². The highest BCUT2D eigenvalue weighted by Gasteiger charge is 2.31. The van der Waals surface area contributed by atoms with Crippen molar-refractivity contribution in [1.29, 1.82) is 0 Å². The van der Waals surface area contributed by atoms with E-state index in [-0.39, 0.29) is 5.91 Å². The van der Waals surface area contributed by atoms with Crippen LogP contribution >= 0.6 is 27.7 Å². The van der Waals surface area contributed by atoms with E-state index in [0.29, 0.717) is 15.8 Å². The molecule has 0 N–H and O–H groups in total. The molecule has 1 fully saturated rings. The second-order valence-corrected chi connectivity index (χ2v) is 8.54. The molecule has 1 heterocycles. The van der Waals surface area contributed by atoms with Crippen LogP contribution in [-0.2, 0) is 4.79 Å². The van der Waals surface area contributed by atoms with Crippen LogP contribution in [0.3, 0.4) is 0 Å². The van der Waals surface area contributed by atoms with Crippen LogP contribution in [0, 0.1) is 0 Å². The molecule has 30 heavy (non-hydrogen) atoms. The number of methoxy groups -OCH3 is 2. The number of ether oxygens (including phenoxy) is 2. The van der Waals surface area contributed by atoms with Crippen molar-refractivity contribution in [3.05, 3.63) is 69.5 Å². The van der Waals surface area contributed by atoms with E-state index < -0.39 is 0 Å². The monoisotopic (exact) mass is 482 g/mol. The Hall–Kier alpha value is -2.77. The molecule has 4 rings (SSSR count). The molecule has 0 bridgehead atoms. The Morgan fingerprint density at radius 3 is 2.47 bits per heavy atom. The Balaban J connectivity index is 1.78. The number of carbonyl (C=O) groups is 1. The summed E-state index contributed by atoms with van der Waals surface area (Å²) >= 11 is 4.77. The number of benzene rings is 3. The highest BCUT2D eigenvalue weighted by Crippen LogP contribution is 2.38. The molecule has 5 nitrogen and oxygen atoms in total. The van der Waals surface area contributed by atoms with Crippen molar-refractivity contribution < 1.29 is 14.3 Å². The van der Waals surface area contributed by atoms with Gasteiger partial charge in [-0.3, -0.25) is 9.69 Å². The van der Waals surface area contributed by atoms with Crippen LogP contribution < -0.4 is 9.47 Å². The van der Waals surface area contributed by atoms with Crippen molar-refractivity contribution in [2.75, 3.05) is 21.3 Å². The Morgan fingerprint density at radius 1 is 1.03 bits per heavy atom. The fraction of sp³-hybridized carbons (Fsp3) is 0.130. The van der Waals surface area contributed by atoms with Gasteiger partial charge in [-0.25, -0.2) is 4.99 Å². The number of nitrogens with zero attached hydrogens (tertiary/aromatic N) is 2. The standard InChI is InChI=1S/C23H19BrN2O3S/c1-26-22(27)21(30-23(26)25-16-8-6-15(24)7-9-16)13-19-18-12-17(28-2)10-4-14(18)5-11-20(19)29-3/h4-13H,1-3H3. The number of fused-ring (bicyclic) bond motifs is 1. The van der Waals surface area contributed by atoms with Crippen molar-refractivity contribution in [2.45, 2.75) is 0 Å². The van der Waals surface area contributed by atoms with Crippen molar-refractivity contribution >= 4 is 61.3 Å². The predicted molar refractivity (Wildman–Crippen MR) is 127 cm³/mol. The summed E-state index contributed by atoms with van der Waals surface area (Å²) in [4.78, 5) is 19.7. The van der Waals surface area contributed by atoms with Crippen LogP contribution in [0.4, 0.5) is 5.69 Å². The first-order valence-corrected chi connectivity index (χ1v) is 10.8. The van der Waals surface area contributed by atoms with Gasteiger partial charge in [0.15, 0.2) is 5.17 Å². The van der Waals surface area contributed by atoms with E-state index in [1.807, 2.05) is 60.7 Å². The lowest BCUT2D eigenvalue weighted by molar-refractivity contribution is -0.121. The summed E-state index contributed by atoms with van der Waals surface area (Å²) in [5.41, 5.74) is 1.62. The number of hydrogen-bond donors (Lipinski definition) is 0. The zero-order valence-electron chi connectivity index (χ0n) is 16.7. The van der Waals surface area contributed by atoms with Gasteiger partial charge in [0.1, 0.15) is 11.5 Å². The van der Waals surface area contributed by atoms with Gasteiger partial charge in [0.25, 0.3) is 5.91 Å². The largest absolute Gasteiger partial charge is 0.497 e. The number of rotatable bonds is 4. The van der Waals surface area contributed by atoms with E-state index in [9.17, 15) is 4.79 Å². The molecule has 152 valence electrons. The molecule has 1 aliphatic rings. The van der Waals surface area contributed by atoms with Gasteiger partial charge in [0.2, 0.25) is 0 Å². The number of likely N-dealkylation sites (N-methyl/N-ethyl adjacent to an activating group) is 1. The van der Waals surface area contributed by atoms with Crippen LogP contribution in [0.5, 0.6) is 11.5 Å². The van der Waals surface area contributed by atoms with E-state index in [4.69, 9.17) is 9.47 Å². The minimum atomic E-state index is -0.0992. The molecule has 0 radical (unpaired) electrons. The lowest BCUT2D eigenvalue weighted by Crippen LogP contribution is -2.23. The molecule has 1 saturated heterocycles. The number of thioether (sulfide) groups is 1. The molecule has 0 unspecified atom stereocenters. The zero-order valence-corrected chi connectivity index (χ0v) is 19.1. The van der Waals surface area contributed by atoms with Gasteiger partial charge in [-0.15, -0.1) is 0 Å². The van der Waals surface area contributed by atoms with Gasteiger partial charge in [-0.1, -0.05) is 28.1 Å². The minimum absolute atomic E-state index is 0.0992. The summed E-state index contributed by atoms with van der Waals surface area (Å²) in [6.45, 7) is 0. The molecule has 0 spiro atoms. The maximum absolute atomic E-state index is 12.9. The Kier molecular flexibility index (Phi) is 5.83. The first kappa shape index (κ1) is 20.5. The molecular formula is C23H19BrN2O3S. The SMILES string of the molecule is COc1ccc2ccc(OC)c(C=C3SC(=Nc4ccc(Br)cc4)N(C)C3=O)c2c1. The summed E-state index contributed by atoms with van der Waals surface area (Å²) in [6, 6.07) is 17.4. The first-order valence-electron chi connectivity index (χ1n) is 9.17. The van der Waals surface area contributed by atoms with Crippen LogP contribution in [0.15, 0.2) is 69.0 Å². The fourth-order valence-electron chi connectivity index (χ4n) is 3.16. The van der Waals surface area contributed by atoms with Crippen LogP contribution in [0.2, 0.25) is 0 Å². The first-order chi connectivity index (χ1) is 14.5. The van der Waals surface area contributed by atoms with E-state index in [2.05, 4.69) is 20.9 Å². The van der Waals surface area contributed by atoms with E-state index >= 15 is 0 Å². The highest BCUT2D eigenvalue weighted by molar-refractivity contribution is 9.10. The normalized spacial score (nSPS) is 16.7. The third-order valence-corrected chi connectivity index (χ3v) is 6.37.